The van der Waals surface area contributed by atoms with E-state index < -0.39 is 5.97 Å². The van der Waals surface area contributed by atoms with Gasteiger partial charge in [0.1, 0.15) is 5.82 Å². The number of aliphatic carboxylic acids is 1. The second kappa shape index (κ2) is 9.43. The Balaban J connectivity index is 1.98. The van der Waals surface area contributed by atoms with Gasteiger partial charge in [0.15, 0.2) is 0 Å². The molecule has 0 aliphatic rings. The molecule has 1 heterocycles. The Morgan fingerprint density at radius 3 is 2.52 bits per heavy atom. The second-order valence-electron chi connectivity index (χ2n) is 7.72. The maximum Gasteiger partial charge on any atom is 0.328 e. The maximum atomic E-state index is 15.7. The van der Waals surface area contributed by atoms with Gasteiger partial charge in [-0.05, 0) is 77.1 Å². The zero-order chi connectivity index (χ0) is 23.5. The number of carboxylic acids is 1. The van der Waals surface area contributed by atoms with E-state index in [2.05, 4.69) is 10.2 Å². The lowest BCUT2D eigenvalue weighted by atomic mass is 9.86. The molecule has 4 rings (SSSR count). The Bertz CT molecular complexity index is 1400. The minimum absolute atomic E-state index is 0.344. The van der Waals surface area contributed by atoms with Crippen LogP contribution in [0.4, 0.5) is 4.39 Å². The average molecular weight is 461 g/mol. The van der Waals surface area contributed by atoms with Gasteiger partial charge in [0.2, 0.25) is 0 Å². The van der Waals surface area contributed by atoms with E-state index in [1.165, 1.54) is 12.3 Å². The highest BCUT2D eigenvalue weighted by Crippen LogP contribution is 2.38. The molecule has 1 aromatic heterocycles. The molecule has 33 heavy (non-hydrogen) atoms. The minimum Gasteiger partial charge on any atom is -0.478 e. The van der Waals surface area contributed by atoms with E-state index in [4.69, 9.17) is 16.7 Å². The molecule has 0 radical (unpaired) electrons. The zero-order valence-corrected chi connectivity index (χ0v) is 18.9. The number of allylic oxidation sites excluding steroid dienone is 1. The summed E-state index contributed by atoms with van der Waals surface area (Å²) in [5.41, 5.74) is 6.44. The van der Waals surface area contributed by atoms with Crippen LogP contribution in [0, 0.1) is 12.7 Å². The van der Waals surface area contributed by atoms with E-state index in [1.54, 1.807) is 6.07 Å². The average Bonchev–Trinajstić information content (AvgIpc) is 3.28. The first-order valence-electron chi connectivity index (χ1n) is 10.5. The number of carbonyl (C=O) groups is 1. The molecular weight excluding hydrogens is 439 g/mol. The highest BCUT2D eigenvalue weighted by Gasteiger charge is 2.19. The van der Waals surface area contributed by atoms with Gasteiger partial charge in [-0.25, -0.2) is 9.18 Å². The quantitative estimate of drug-likeness (QED) is 0.237. The Hall–Kier alpha value is -3.70. The molecule has 0 spiro atoms. The fraction of sp³-hybridized carbons (Fsp3) is 0.111. The third-order valence-corrected chi connectivity index (χ3v) is 5.85. The summed E-state index contributed by atoms with van der Waals surface area (Å²) in [5.74, 6) is -1.36. The van der Waals surface area contributed by atoms with Crippen molar-refractivity contribution in [2.45, 2.75) is 20.3 Å². The summed E-state index contributed by atoms with van der Waals surface area (Å²) in [6.07, 6.45) is 4.77. The van der Waals surface area contributed by atoms with E-state index in [9.17, 15) is 4.79 Å². The van der Waals surface area contributed by atoms with Crippen molar-refractivity contribution in [3.63, 3.8) is 0 Å². The van der Waals surface area contributed by atoms with Crippen LogP contribution in [0.2, 0.25) is 5.02 Å². The number of halogens is 2. The number of fused-ring (bicyclic) bond motifs is 1. The van der Waals surface area contributed by atoms with Gasteiger partial charge in [0.05, 0.1) is 17.1 Å². The van der Waals surface area contributed by atoms with Gasteiger partial charge in [-0.15, -0.1) is 0 Å². The third-order valence-electron chi connectivity index (χ3n) is 5.61. The normalized spacial score (nSPS) is 12.4. The number of aromatic amines is 1. The molecule has 0 unspecified atom stereocenters. The molecule has 0 bridgehead atoms. The molecule has 166 valence electrons. The van der Waals surface area contributed by atoms with Crippen molar-refractivity contribution in [1.82, 2.24) is 10.2 Å². The molecule has 0 saturated heterocycles. The SMILES string of the molecule is CC/C(=C(/c1ccc(/C=C/C(=O)O)cc1)c1ccc2[nH]ncc2c1F)c1ccc(Cl)cc1C. The summed E-state index contributed by atoms with van der Waals surface area (Å²) in [5, 5.41) is 16.7. The van der Waals surface area contributed by atoms with Crippen LogP contribution in [0.25, 0.3) is 28.1 Å². The summed E-state index contributed by atoms with van der Waals surface area (Å²) >= 11 is 6.19. The van der Waals surface area contributed by atoms with Gasteiger partial charge in [0.25, 0.3) is 0 Å². The molecule has 0 amide bonds. The Morgan fingerprint density at radius 1 is 1.12 bits per heavy atom. The molecule has 0 saturated carbocycles. The van der Waals surface area contributed by atoms with Crippen LogP contribution in [0.3, 0.4) is 0 Å². The number of rotatable bonds is 6. The number of aromatic nitrogens is 2. The molecule has 6 heteroatoms. The molecule has 0 aliphatic carbocycles. The number of hydrogen-bond donors (Lipinski definition) is 2. The molecule has 0 atom stereocenters. The van der Waals surface area contributed by atoms with Gasteiger partial charge in [-0.1, -0.05) is 48.9 Å². The van der Waals surface area contributed by atoms with Crippen molar-refractivity contribution in [2.24, 2.45) is 0 Å². The Kier molecular flexibility index (Phi) is 6.43. The monoisotopic (exact) mass is 460 g/mol. The lowest BCUT2D eigenvalue weighted by molar-refractivity contribution is -0.131. The predicted octanol–water partition coefficient (Wildman–Crippen LogP) is 7.13. The standard InChI is InChI=1S/C27H22ClFN2O2/c1-3-20(21-10-9-19(28)14-16(21)2)26(18-7-4-17(5-8-18)6-13-25(32)33)22-11-12-24-23(27(22)29)15-30-31-24/h4-15H,3H2,1-2H3,(H,30,31)(H,32,33)/b13-6+,26-20+. The van der Waals surface area contributed by atoms with Crippen molar-refractivity contribution < 1.29 is 14.3 Å². The third kappa shape index (κ3) is 4.59. The lowest BCUT2D eigenvalue weighted by Gasteiger charge is -2.19. The first-order chi connectivity index (χ1) is 15.9. The Labute approximate surface area is 196 Å². The largest absolute Gasteiger partial charge is 0.478 e. The summed E-state index contributed by atoms with van der Waals surface area (Å²) < 4.78 is 15.7. The van der Waals surface area contributed by atoms with Crippen molar-refractivity contribution >= 4 is 45.7 Å². The highest BCUT2D eigenvalue weighted by atomic mass is 35.5. The van der Waals surface area contributed by atoms with Gasteiger partial charge < -0.3 is 5.11 Å². The van der Waals surface area contributed by atoms with E-state index in [-0.39, 0.29) is 5.82 Å². The number of aryl methyl sites for hydroxylation is 1. The number of hydrogen-bond acceptors (Lipinski definition) is 2. The first-order valence-corrected chi connectivity index (χ1v) is 10.9. The maximum absolute atomic E-state index is 15.7. The molecule has 3 aromatic carbocycles. The van der Waals surface area contributed by atoms with Crippen LogP contribution in [0.1, 0.15) is 41.2 Å². The van der Waals surface area contributed by atoms with Gasteiger partial charge in [0, 0.05) is 16.7 Å². The van der Waals surface area contributed by atoms with E-state index in [0.717, 1.165) is 39.5 Å². The summed E-state index contributed by atoms with van der Waals surface area (Å²) in [6, 6.07) is 16.7. The molecule has 4 aromatic rings. The van der Waals surface area contributed by atoms with Crippen LogP contribution >= 0.6 is 11.6 Å². The van der Waals surface area contributed by atoms with E-state index in [0.29, 0.717) is 27.9 Å². The lowest BCUT2D eigenvalue weighted by Crippen LogP contribution is -2.00. The molecule has 2 N–H and O–H groups in total. The molecular formula is C27H22ClFN2O2. The first kappa shape index (κ1) is 22.5. The van der Waals surface area contributed by atoms with Crippen LogP contribution < -0.4 is 0 Å². The van der Waals surface area contributed by atoms with Gasteiger partial charge in [-0.3, -0.25) is 5.10 Å². The number of nitrogens with one attached hydrogen (secondary N) is 1. The fourth-order valence-corrected chi connectivity index (χ4v) is 4.29. The number of benzene rings is 3. The van der Waals surface area contributed by atoms with Crippen LogP contribution in [0.5, 0.6) is 0 Å². The van der Waals surface area contributed by atoms with Gasteiger partial charge in [-0.2, -0.15) is 5.10 Å². The second-order valence-corrected chi connectivity index (χ2v) is 8.15. The summed E-state index contributed by atoms with van der Waals surface area (Å²) in [7, 11) is 0. The van der Waals surface area contributed by atoms with Crippen LogP contribution in [-0.2, 0) is 4.79 Å². The Morgan fingerprint density at radius 2 is 1.85 bits per heavy atom. The smallest absolute Gasteiger partial charge is 0.328 e. The van der Waals surface area contributed by atoms with Gasteiger partial charge >= 0.3 is 5.97 Å². The molecule has 0 fully saturated rings. The van der Waals surface area contributed by atoms with Crippen molar-refractivity contribution in [2.75, 3.05) is 0 Å². The van der Waals surface area contributed by atoms with Crippen LogP contribution in [0.15, 0.2) is 66.9 Å². The number of carboxylic acid groups (broad SMARTS) is 1. The number of nitrogens with zero attached hydrogens (tertiary/aromatic N) is 1. The fourth-order valence-electron chi connectivity index (χ4n) is 4.06. The molecule has 4 nitrogen and oxygen atoms in total. The topological polar surface area (TPSA) is 66.0 Å². The van der Waals surface area contributed by atoms with E-state index >= 15 is 4.39 Å². The summed E-state index contributed by atoms with van der Waals surface area (Å²) in [6.45, 7) is 4.03. The highest BCUT2D eigenvalue weighted by molar-refractivity contribution is 6.30. The summed E-state index contributed by atoms with van der Waals surface area (Å²) in [4.78, 5) is 10.8. The number of H-pyrrole nitrogens is 1. The van der Waals surface area contributed by atoms with E-state index in [1.807, 2.05) is 62.4 Å². The molecule has 0 aliphatic heterocycles. The zero-order valence-electron chi connectivity index (χ0n) is 18.2. The minimum atomic E-state index is -1.01. The van der Waals surface area contributed by atoms with Crippen molar-refractivity contribution in [3.05, 3.63) is 106 Å². The predicted molar refractivity (Wildman–Crippen MR) is 132 cm³/mol. The van der Waals surface area contributed by atoms with Crippen molar-refractivity contribution in [3.8, 4) is 0 Å². The van der Waals surface area contributed by atoms with Crippen LogP contribution in [-0.4, -0.2) is 21.3 Å². The van der Waals surface area contributed by atoms with Crippen molar-refractivity contribution in [1.29, 1.82) is 0 Å².